The van der Waals surface area contributed by atoms with Crippen LogP contribution in [0.15, 0.2) is 12.3 Å². The second kappa shape index (κ2) is 3.68. The Bertz CT molecular complexity index is 562. The highest BCUT2D eigenvalue weighted by Crippen LogP contribution is 2.31. The number of nitrogens with one attached hydrogen (secondary N) is 1. The van der Waals surface area contributed by atoms with E-state index in [4.69, 9.17) is 16.7 Å². The molecule has 1 aromatic carbocycles. The van der Waals surface area contributed by atoms with Crippen molar-refractivity contribution in [3.63, 3.8) is 0 Å². The molecule has 0 fully saturated rings. The minimum absolute atomic E-state index is 0.256. The summed E-state index contributed by atoms with van der Waals surface area (Å²) in [5.41, 5.74) is 2.07. The molecule has 0 radical (unpaired) electrons. The van der Waals surface area contributed by atoms with Crippen LogP contribution in [0.5, 0.6) is 0 Å². The summed E-state index contributed by atoms with van der Waals surface area (Å²) in [6.45, 7) is 1.91. The molecule has 1 aromatic heterocycles. The molecular formula is C10H7ClINO2. The average Bonchev–Trinajstić information content (AvgIpc) is 2.58. The first-order valence-electron chi connectivity index (χ1n) is 4.21. The Morgan fingerprint density at radius 1 is 1.60 bits per heavy atom. The van der Waals surface area contributed by atoms with E-state index in [2.05, 4.69) is 27.6 Å². The highest BCUT2D eigenvalue weighted by molar-refractivity contribution is 14.1. The summed E-state index contributed by atoms with van der Waals surface area (Å²) in [6, 6.07) is 1.69. The first kappa shape index (κ1) is 10.8. The van der Waals surface area contributed by atoms with Crippen LogP contribution in [0.25, 0.3) is 10.9 Å². The zero-order chi connectivity index (χ0) is 11.2. The lowest BCUT2D eigenvalue weighted by atomic mass is 10.1. The Morgan fingerprint density at radius 2 is 2.27 bits per heavy atom. The third-order valence-electron chi connectivity index (χ3n) is 2.34. The Kier molecular flexibility index (Phi) is 2.64. The van der Waals surface area contributed by atoms with Crippen LogP contribution in [0, 0.1) is 10.5 Å². The van der Waals surface area contributed by atoms with E-state index in [1.165, 1.54) is 6.20 Å². The third kappa shape index (κ3) is 1.61. The van der Waals surface area contributed by atoms with Gasteiger partial charge in [0, 0.05) is 15.2 Å². The molecule has 1 heterocycles. The number of aromatic nitrogens is 1. The maximum absolute atomic E-state index is 10.9. The molecule has 2 N–H and O–H groups in total. The van der Waals surface area contributed by atoms with Crippen molar-refractivity contribution in [2.75, 3.05) is 0 Å². The van der Waals surface area contributed by atoms with Crippen LogP contribution >= 0.6 is 34.2 Å². The van der Waals surface area contributed by atoms with Crippen LogP contribution in [0.2, 0.25) is 5.02 Å². The molecule has 0 bridgehead atoms. The van der Waals surface area contributed by atoms with Crippen molar-refractivity contribution in [3.05, 3.63) is 32.0 Å². The van der Waals surface area contributed by atoms with Gasteiger partial charge in [-0.15, -0.1) is 0 Å². The van der Waals surface area contributed by atoms with Crippen molar-refractivity contribution in [1.82, 2.24) is 4.98 Å². The summed E-state index contributed by atoms with van der Waals surface area (Å²) in [4.78, 5) is 13.9. The summed E-state index contributed by atoms with van der Waals surface area (Å²) in [5.74, 6) is -0.946. The molecular weight excluding hydrogens is 328 g/mol. The van der Waals surface area contributed by atoms with Gasteiger partial charge in [-0.3, -0.25) is 0 Å². The number of carbonyl (C=O) groups is 1. The zero-order valence-electron chi connectivity index (χ0n) is 7.77. The van der Waals surface area contributed by atoms with Crippen molar-refractivity contribution in [3.8, 4) is 0 Å². The average molecular weight is 336 g/mol. The van der Waals surface area contributed by atoms with E-state index < -0.39 is 5.97 Å². The number of H-pyrrole nitrogens is 1. The van der Waals surface area contributed by atoms with Gasteiger partial charge in [-0.2, -0.15) is 0 Å². The van der Waals surface area contributed by atoms with Crippen molar-refractivity contribution in [2.24, 2.45) is 0 Å². The number of hydrogen-bond donors (Lipinski definition) is 2. The molecule has 5 heteroatoms. The van der Waals surface area contributed by atoms with Gasteiger partial charge in [0.2, 0.25) is 0 Å². The Morgan fingerprint density at radius 3 is 2.87 bits per heavy atom. The maximum Gasteiger partial charge on any atom is 0.337 e. The predicted octanol–water partition coefficient (Wildman–Crippen LogP) is 3.43. The molecule has 3 nitrogen and oxygen atoms in total. The van der Waals surface area contributed by atoms with E-state index in [9.17, 15) is 4.79 Å². The third-order valence-corrected chi connectivity index (χ3v) is 4.34. The number of aryl methyl sites for hydroxylation is 1. The van der Waals surface area contributed by atoms with Crippen LogP contribution in [0.1, 0.15) is 15.9 Å². The van der Waals surface area contributed by atoms with Gasteiger partial charge in [0.1, 0.15) is 0 Å². The Balaban J connectivity index is 2.89. The van der Waals surface area contributed by atoms with Gasteiger partial charge >= 0.3 is 5.97 Å². The molecule has 0 aliphatic rings. The van der Waals surface area contributed by atoms with Crippen molar-refractivity contribution < 1.29 is 9.90 Å². The maximum atomic E-state index is 10.9. The van der Waals surface area contributed by atoms with Crippen LogP contribution in [0.4, 0.5) is 0 Å². The second-order valence-corrected chi connectivity index (χ2v) is 4.71. The summed E-state index contributed by atoms with van der Waals surface area (Å²) in [6.07, 6.45) is 1.49. The van der Waals surface area contributed by atoms with Crippen molar-refractivity contribution >= 4 is 51.1 Å². The smallest absolute Gasteiger partial charge is 0.337 e. The summed E-state index contributed by atoms with van der Waals surface area (Å²) < 4.78 is 0.945. The Labute approximate surface area is 105 Å². The van der Waals surface area contributed by atoms with Crippen LogP contribution < -0.4 is 0 Å². The van der Waals surface area contributed by atoms with Crippen molar-refractivity contribution in [2.45, 2.75) is 6.92 Å². The number of benzene rings is 1. The fourth-order valence-corrected chi connectivity index (χ4v) is 2.23. The van der Waals surface area contributed by atoms with Gasteiger partial charge in [-0.25, -0.2) is 4.79 Å². The summed E-state index contributed by atoms with van der Waals surface area (Å²) in [5, 5.41) is 10.2. The summed E-state index contributed by atoms with van der Waals surface area (Å²) in [7, 11) is 0. The number of rotatable bonds is 1. The van der Waals surface area contributed by atoms with Gasteiger partial charge in [0.15, 0.2) is 0 Å². The molecule has 0 amide bonds. The van der Waals surface area contributed by atoms with Crippen LogP contribution in [-0.4, -0.2) is 16.1 Å². The van der Waals surface area contributed by atoms with E-state index in [0.29, 0.717) is 10.4 Å². The number of aromatic amines is 1. The quantitative estimate of drug-likeness (QED) is 0.785. The zero-order valence-corrected chi connectivity index (χ0v) is 10.7. The predicted molar refractivity (Wildman–Crippen MR) is 67.7 cm³/mol. The SMILES string of the molecule is Cc1c(I)c(Cl)cc2c(C(=O)O)c[nH]c12. The number of carboxylic acid groups (broad SMARTS) is 1. The second-order valence-electron chi connectivity index (χ2n) is 3.23. The van der Waals surface area contributed by atoms with Gasteiger partial charge in [-0.1, -0.05) is 11.6 Å². The lowest BCUT2D eigenvalue weighted by Crippen LogP contribution is -1.94. The number of carboxylic acids is 1. The van der Waals surface area contributed by atoms with E-state index >= 15 is 0 Å². The van der Waals surface area contributed by atoms with Crippen molar-refractivity contribution in [1.29, 1.82) is 0 Å². The van der Waals surface area contributed by atoms with E-state index in [1.54, 1.807) is 6.07 Å². The van der Waals surface area contributed by atoms with Gasteiger partial charge in [0.05, 0.1) is 16.1 Å². The molecule has 0 aliphatic carbocycles. The molecule has 0 saturated carbocycles. The number of halogens is 2. The lowest BCUT2D eigenvalue weighted by Gasteiger charge is -2.03. The minimum atomic E-state index is -0.946. The monoisotopic (exact) mass is 335 g/mol. The highest BCUT2D eigenvalue weighted by atomic mass is 127. The molecule has 2 rings (SSSR count). The largest absolute Gasteiger partial charge is 0.478 e. The number of hydrogen-bond acceptors (Lipinski definition) is 1. The molecule has 0 saturated heterocycles. The minimum Gasteiger partial charge on any atom is -0.478 e. The molecule has 0 atom stereocenters. The first-order valence-corrected chi connectivity index (χ1v) is 5.67. The summed E-state index contributed by atoms with van der Waals surface area (Å²) >= 11 is 8.16. The van der Waals surface area contributed by atoms with Crippen LogP contribution in [0.3, 0.4) is 0 Å². The molecule has 78 valence electrons. The normalized spacial score (nSPS) is 10.9. The first-order chi connectivity index (χ1) is 7.02. The number of fused-ring (bicyclic) bond motifs is 1. The molecule has 2 aromatic rings. The van der Waals surface area contributed by atoms with E-state index in [-0.39, 0.29) is 5.56 Å². The molecule has 15 heavy (non-hydrogen) atoms. The topological polar surface area (TPSA) is 53.1 Å². The van der Waals surface area contributed by atoms with E-state index in [1.807, 2.05) is 6.92 Å². The van der Waals surface area contributed by atoms with Crippen LogP contribution in [-0.2, 0) is 0 Å². The van der Waals surface area contributed by atoms with Gasteiger partial charge in [0.25, 0.3) is 0 Å². The van der Waals surface area contributed by atoms with Gasteiger partial charge < -0.3 is 10.1 Å². The standard InChI is InChI=1S/C10H7ClINO2/c1-4-8(12)7(11)2-5-6(10(14)15)3-13-9(4)5/h2-3,13H,1H3,(H,14,15). The molecule has 0 spiro atoms. The lowest BCUT2D eigenvalue weighted by molar-refractivity contribution is 0.0699. The van der Waals surface area contributed by atoms with Gasteiger partial charge in [-0.05, 0) is 41.1 Å². The molecule has 0 unspecified atom stereocenters. The van der Waals surface area contributed by atoms with E-state index in [0.717, 1.165) is 14.7 Å². The fourth-order valence-electron chi connectivity index (χ4n) is 1.55. The fraction of sp³-hybridized carbons (Fsp3) is 0.100. The molecule has 0 aliphatic heterocycles. The highest BCUT2D eigenvalue weighted by Gasteiger charge is 2.14. The Hall–Kier alpha value is -0.750. The number of aromatic carboxylic acids is 1.